The van der Waals surface area contributed by atoms with Crippen LogP contribution in [-0.4, -0.2) is 33.7 Å². The lowest BCUT2D eigenvalue weighted by molar-refractivity contribution is -0.112. The molecule has 0 fully saturated rings. The highest BCUT2D eigenvalue weighted by Gasteiger charge is 2.33. The van der Waals surface area contributed by atoms with Crippen molar-refractivity contribution in [1.82, 2.24) is 14.6 Å². The van der Waals surface area contributed by atoms with Crippen LogP contribution in [-0.2, 0) is 4.79 Å². The van der Waals surface area contributed by atoms with Crippen LogP contribution in [0.2, 0.25) is 0 Å². The van der Waals surface area contributed by atoms with Crippen LogP contribution in [0.5, 0.6) is 5.75 Å². The van der Waals surface area contributed by atoms with Gasteiger partial charge in [-0.3, -0.25) is 9.59 Å². The molecule has 8 heteroatoms. The van der Waals surface area contributed by atoms with E-state index in [1.807, 2.05) is 48.5 Å². The van der Waals surface area contributed by atoms with Crippen molar-refractivity contribution in [1.29, 1.82) is 0 Å². The zero-order chi connectivity index (χ0) is 22.9. The van der Waals surface area contributed by atoms with Gasteiger partial charge in [0.25, 0.3) is 11.5 Å². The molecular weight excluding hydrogens is 436 g/mol. The monoisotopic (exact) mass is 458 g/mol. The summed E-state index contributed by atoms with van der Waals surface area (Å²) in [4.78, 5) is 33.0. The molecule has 166 valence electrons. The van der Waals surface area contributed by atoms with Crippen LogP contribution in [0.3, 0.4) is 0 Å². The van der Waals surface area contributed by atoms with Gasteiger partial charge in [-0.15, -0.1) is 11.7 Å². The van der Waals surface area contributed by atoms with E-state index >= 15 is 0 Å². The van der Waals surface area contributed by atoms with Crippen molar-refractivity contribution in [3.05, 3.63) is 81.6 Å². The van der Waals surface area contributed by atoms with E-state index in [2.05, 4.69) is 23.6 Å². The van der Waals surface area contributed by atoms with Crippen molar-refractivity contribution in [2.24, 2.45) is 0 Å². The predicted octanol–water partition coefficient (Wildman–Crippen LogP) is 3.45. The average molecular weight is 459 g/mol. The second-order valence-corrected chi connectivity index (χ2v) is 8.67. The smallest absolute Gasteiger partial charge is 0.291 e. The molecule has 5 rings (SSSR count). The van der Waals surface area contributed by atoms with Crippen molar-refractivity contribution in [3.8, 4) is 17.1 Å². The van der Waals surface area contributed by atoms with Gasteiger partial charge >= 0.3 is 0 Å². The van der Waals surface area contributed by atoms with Gasteiger partial charge in [0.1, 0.15) is 10.3 Å². The molecule has 3 heterocycles. The number of anilines is 1. The Labute approximate surface area is 194 Å². The molecule has 4 aromatic rings. The van der Waals surface area contributed by atoms with Crippen molar-refractivity contribution in [2.75, 3.05) is 18.1 Å². The van der Waals surface area contributed by atoms with E-state index in [1.54, 1.807) is 11.0 Å². The third-order valence-corrected chi connectivity index (χ3v) is 6.53. The molecule has 0 bridgehead atoms. The molecule has 1 aliphatic rings. The number of benzene rings is 2. The molecule has 0 N–H and O–H groups in total. The number of carbonyl (C=O) groups is 1. The van der Waals surface area contributed by atoms with Crippen LogP contribution in [0, 0.1) is 0 Å². The standard InChI is InChI=1S/C25H22N4O3S/c1-3-5-15-32-17-12-10-16(11-13-17)22-26-25-29(27-22)24(31)21(33-25)20-18-8-6-7-9-19(18)28(14-4-2)23(20)30/h4,6-13H,2-3,5,14-15H2,1H3/b21-20-. The van der Waals surface area contributed by atoms with Gasteiger partial charge in [-0.25, -0.2) is 0 Å². The van der Waals surface area contributed by atoms with Crippen LogP contribution in [0.1, 0.15) is 25.3 Å². The van der Waals surface area contributed by atoms with E-state index in [4.69, 9.17) is 4.74 Å². The van der Waals surface area contributed by atoms with Crippen LogP contribution in [0.25, 0.3) is 21.9 Å². The Kier molecular flexibility index (Phi) is 5.51. The highest BCUT2D eigenvalue weighted by atomic mass is 32.1. The first-order valence-corrected chi connectivity index (χ1v) is 11.6. The lowest BCUT2D eigenvalue weighted by atomic mass is 10.1. The molecule has 0 saturated heterocycles. The molecule has 0 atom stereocenters. The third-order valence-electron chi connectivity index (χ3n) is 5.50. The Hall–Kier alpha value is -3.78. The summed E-state index contributed by atoms with van der Waals surface area (Å²) in [6.07, 6.45) is 3.76. The van der Waals surface area contributed by atoms with Gasteiger partial charge in [0, 0.05) is 17.7 Å². The Morgan fingerprint density at radius 2 is 1.91 bits per heavy atom. The van der Waals surface area contributed by atoms with Crippen LogP contribution in [0.4, 0.5) is 5.69 Å². The maximum Gasteiger partial charge on any atom is 0.291 e. The molecule has 1 amide bonds. The number of ether oxygens (including phenoxy) is 1. The summed E-state index contributed by atoms with van der Waals surface area (Å²) >= 11 is 1.18. The fraction of sp³-hybridized carbons (Fsp3) is 0.200. The van der Waals surface area contributed by atoms with Gasteiger partial charge in [-0.2, -0.15) is 9.50 Å². The lowest BCUT2D eigenvalue weighted by Crippen LogP contribution is -2.32. The molecule has 0 spiro atoms. The maximum absolute atomic E-state index is 13.2. The van der Waals surface area contributed by atoms with Gasteiger partial charge in [0.05, 0.1) is 17.9 Å². The maximum atomic E-state index is 13.2. The third kappa shape index (κ3) is 3.62. The van der Waals surface area contributed by atoms with Crippen LogP contribution < -0.4 is 19.7 Å². The Morgan fingerprint density at radius 3 is 2.64 bits per heavy atom. The highest BCUT2D eigenvalue weighted by Crippen LogP contribution is 2.35. The van der Waals surface area contributed by atoms with E-state index in [0.717, 1.165) is 35.4 Å². The molecule has 7 nitrogen and oxygen atoms in total. The zero-order valence-corrected chi connectivity index (χ0v) is 19.0. The summed E-state index contributed by atoms with van der Waals surface area (Å²) < 4.78 is 7.32. The molecule has 2 aromatic carbocycles. The van der Waals surface area contributed by atoms with Crippen molar-refractivity contribution < 1.29 is 9.53 Å². The summed E-state index contributed by atoms with van der Waals surface area (Å²) in [5.41, 5.74) is 2.36. The predicted molar refractivity (Wildman–Crippen MR) is 130 cm³/mol. The molecule has 0 radical (unpaired) electrons. The molecule has 0 saturated carbocycles. The topological polar surface area (TPSA) is 76.8 Å². The second-order valence-electron chi connectivity index (χ2n) is 7.69. The summed E-state index contributed by atoms with van der Waals surface area (Å²) in [6, 6.07) is 15.0. The van der Waals surface area contributed by atoms with E-state index in [-0.39, 0.29) is 11.5 Å². The first-order valence-electron chi connectivity index (χ1n) is 10.8. The largest absolute Gasteiger partial charge is 0.494 e. The lowest BCUT2D eigenvalue weighted by Gasteiger charge is -2.13. The zero-order valence-electron chi connectivity index (χ0n) is 18.2. The van der Waals surface area contributed by atoms with Gasteiger partial charge in [0.2, 0.25) is 4.96 Å². The number of amides is 1. The minimum absolute atomic E-state index is 0.211. The molecule has 0 aliphatic carbocycles. The average Bonchev–Trinajstić information content (AvgIpc) is 3.46. The number of hydrogen-bond acceptors (Lipinski definition) is 6. The first-order chi connectivity index (χ1) is 16.1. The number of carbonyl (C=O) groups excluding carboxylic acids is 1. The Morgan fingerprint density at radius 1 is 1.12 bits per heavy atom. The fourth-order valence-electron chi connectivity index (χ4n) is 3.85. The number of para-hydroxylation sites is 1. The van der Waals surface area contributed by atoms with Crippen molar-refractivity contribution in [3.63, 3.8) is 0 Å². The van der Waals surface area contributed by atoms with E-state index in [1.165, 1.54) is 15.9 Å². The molecule has 0 unspecified atom stereocenters. The SMILES string of the molecule is C=CCN1C(=O)/C(=c2\sc3nc(-c4ccc(OCCCC)cc4)nn3c2=O)c2ccccc21. The number of fused-ring (bicyclic) bond motifs is 2. The molecular formula is C25H22N4O3S. The number of rotatable bonds is 7. The summed E-state index contributed by atoms with van der Waals surface area (Å²) in [5.74, 6) is 1.04. The van der Waals surface area contributed by atoms with E-state index < -0.39 is 0 Å². The summed E-state index contributed by atoms with van der Waals surface area (Å²) in [6.45, 7) is 6.92. The van der Waals surface area contributed by atoms with Crippen LogP contribution in [0.15, 0.2) is 66.0 Å². The minimum atomic E-state index is -0.341. The number of hydrogen-bond donors (Lipinski definition) is 0. The van der Waals surface area contributed by atoms with Crippen molar-refractivity contribution in [2.45, 2.75) is 19.8 Å². The fourth-order valence-corrected chi connectivity index (χ4v) is 4.85. The minimum Gasteiger partial charge on any atom is -0.494 e. The second kappa shape index (κ2) is 8.63. The summed E-state index contributed by atoms with van der Waals surface area (Å²) in [7, 11) is 0. The van der Waals surface area contributed by atoms with E-state index in [0.29, 0.717) is 34.0 Å². The van der Waals surface area contributed by atoms with Crippen LogP contribution >= 0.6 is 11.3 Å². The van der Waals surface area contributed by atoms with Gasteiger partial charge < -0.3 is 9.64 Å². The first kappa shape index (κ1) is 21.1. The quantitative estimate of drug-likeness (QED) is 0.313. The molecule has 33 heavy (non-hydrogen) atoms. The Balaban J connectivity index is 1.54. The van der Waals surface area contributed by atoms with Crippen molar-refractivity contribution >= 4 is 33.5 Å². The number of thiazole rings is 1. The van der Waals surface area contributed by atoms with Gasteiger partial charge in [0.15, 0.2) is 5.82 Å². The molecule has 2 aromatic heterocycles. The molecule has 1 aliphatic heterocycles. The number of unbranched alkanes of at least 4 members (excludes halogenated alkanes) is 1. The number of aromatic nitrogens is 3. The number of nitrogens with zero attached hydrogens (tertiary/aromatic N) is 4. The normalized spacial score (nSPS) is 14.7. The summed E-state index contributed by atoms with van der Waals surface area (Å²) in [5, 5.41) is 4.42. The van der Waals surface area contributed by atoms with E-state index in [9.17, 15) is 9.59 Å². The highest BCUT2D eigenvalue weighted by molar-refractivity contribution is 7.15. The van der Waals surface area contributed by atoms with Gasteiger partial charge in [-0.1, -0.05) is 49.0 Å². The Bertz CT molecular complexity index is 1470. The van der Waals surface area contributed by atoms with Gasteiger partial charge in [-0.05, 0) is 36.8 Å².